The van der Waals surface area contributed by atoms with Gasteiger partial charge in [-0.15, -0.1) is 0 Å². The smallest absolute Gasteiger partial charge is 0.267 e. The fraction of sp³-hybridized carbons (Fsp3) is 0.857. The van der Waals surface area contributed by atoms with E-state index in [2.05, 4.69) is 31.0 Å². The Morgan fingerprint density at radius 2 is 1.76 bits per heavy atom. The second kappa shape index (κ2) is 4.82. The van der Waals surface area contributed by atoms with E-state index in [9.17, 15) is 9.90 Å². The second-order valence-electron chi connectivity index (χ2n) is 10.3. The highest BCUT2D eigenvalue weighted by Crippen LogP contribution is 2.67. The van der Waals surface area contributed by atoms with Gasteiger partial charge in [0.15, 0.2) is 0 Å². The summed E-state index contributed by atoms with van der Waals surface area (Å²) in [5.41, 5.74) is 2.12. The van der Waals surface area contributed by atoms with Gasteiger partial charge in [0, 0.05) is 11.3 Å². The molecule has 4 aliphatic carbocycles. The third kappa shape index (κ3) is 1.90. The molecule has 4 nitrogen and oxygen atoms in total. The molecular formula is C21H32N2O2. The molecule has 5 rings (SSSR count). The summed E-state index contributed by atoms with van der Waals surface area (Å²) in [7, 11) is 0. The van der Waals surface area contributed by atoms with Crippen LogP contribution in [-0.4, -0.2) is 20.9 Å². The van der Waals surface area contributed by atoms with Crippen LogP contribution in [0.4, 0.5) is 0 Å². The van der Waals surface area contributed by atoms with Gasteiger partial charge in [-0.3, -0.25) is 9.89 Å². The molecule has 3 fully saturated rings. The van der Waals surface area contributed by atoms with E-state index in [4.69, 9.17) is 0 Å². The molecule has 138 valence electrons. The number of rotatable bonds is 0. The van der Waals surface area contributed by atoms with E-state index < -0.39 is 5.60 Å². The monoisotopic (exact) mass is 344 g/mol. The number of aromatic amines is 2. The molecule has 0 amide bonds. The van der Waals surface area contributed by atoms with E-state index in [1.807, 2.05) is 0 Å². The summed E-state index contributed by atoms with van der Waals surface area (Å²) in [6, 6.07) is 0. The van der Waals surface area contributed by atoms with E-state index >= 15 is 0 Å². The van der Waals surface area contributed by atoms with Crippen molar-refractivity contribution in [3.8, 4) is 0 Å². The van der Waals surface area contributed by atoms with E-state index in [0.29, 0.717) is 17.8 Å². The highest BCUT2D eigenvalue weighted by molar-refractivity contribution is 5.26. The summed E-state index contributed by atoms with van der Waals surface area (Å²) in [6.07, 6.45) is 9.06. The highest BCUT2D eigenvalue weighted by atomic mass is 16.3. The predicted molar refractivity (Wildman–Crippen MR) is 97.3 cm³/mol. The fourth-order valence-electron chi connectivity index (χ4n) is 7.80. The molecular weight excluding hydrogens is 312 g/mol. The molecule has 0 bridgehead atoms. The van der Waals surface area contributed by atoms with Crippen LogP contribution in [0.25, 0.3) is 0 Å². The van der Waals surface area contributed by atoms with Crippen LogP contribution in [0.5, 0.6) is 0 Å². The molecule has 1 aromatic rings. The summed E-state index contributed by atoms with van der Waals surface area (Å²) >= 11 is 0. The van der Waals surface area contributed by atoms with Gasteiger partial charge in [0.05, 0.1) is 5.60 Å². The van der Waals surface area contributed by atoms with E-state index in [1.165, 1.54) is 25.7 Å². The molecule has 0 aliphatic heterocycles. The molecule has 4 aliphatic rings. The van der Waals surface area contributed by atoms with E-state index in [1.54, 1.807) is 0 Å². The summed E-state index contributed by atoms with van der Waals surface area (Å²) in [5.74, 6) is 2.79. The predicted octanol–water partition coefficient (Wildman–Crippen LogP) is 3.41. The van der Waals surface area contributed by atoms with Crippen LogP contribution in [0.1, 0.15) is 70.6 Å². The molecule has 4 heteroatoms. The van der Waals surface area contributed by atoms with Crippen LogP contribution < -0.4 is 5.56 Å². The van der Waals surface area contributed by atoms with Crippen LogP contribution >= 0.6 is 0 Å². The number of aromatic nitrogens is 2. The van der Waals surface area contributed by atoms with Crippen molar-refractivity contribution in [3.63, 3.8) is 0 Å². The van der Waals surface area contributed by atoms with Gasteiger partial charge in [-0.1, -0.05) is 13.8 Å². The maximum atomic E-state index is 12.2. The van der Waals surface area contributed by atoms with Gasteiger partial charge in [0.1, 0.15) is 0 Å². The Kier molecular flexibility index (Phi) is 3.12. The SMILES string of the molecule is C[C@]12Cc3c([nH][nH]c3=O)C[C@@H]1CC[C@@H]1[C@@H]2CC[C@@]2(C)[C@H]1CC[C@]2(C)O. The van der Waals surface area contributed by atoms with Crippen molar-refractivity contribution >= 4 is 0 Å². The maximum Gasteiger partial charge on any atom is 0.267 e. The van der Waals surface area contributed by atoms with Gasteiger partial charge in [0.2, 0.25) is 0 Å². The number of hydrogen-bond donors (Lipinski definition) is 3. The Bertz CT molecular complexity index is 762. The van der Waals surface area contributed by atoms with E-state index in [-0.39, 0.29) is 16.4 Å². The molecule has 0 radical (unpaired) electrons. The first-order chi connectivity index (χ1) is 11.8. The van der Waals surface area contributed by atoms with Crippen LogP contribution in [0, 0.1) is 34.5 Å². The quantitative estimate of drug-likeness (QED) is 0.675. The molecule has 1 heterocycles. The van der Waals surface area contributed by atoms with Crippen molar-refractivity contribution in [3.05, 3.63) is 21.6 Å². The van der Waals surface area contributed by atoms with Crippen LogP contribution in [0.15, 0.2) is 4.79 Å². The Balaban J connectivity index is 1.52. The molecule has 3 N–H and O–H groups in total. The third-order valence-electron chi connectivity index (χ3n) is 9.60. The van der Waals surface area contributed by atoms with Gasteiger partial charge >= 0.3 is 0 Å². The maximum absolute atomic E-state index is 12.2. The summed E-state index contributed by atoms with van der Waals surface area (Å²) in [6.45, 7) is 6.90. The number of aliphatic hydroxyl groups is 1. The zero-order valence-corrected chi connectivity index (χ0v) is 15.8. The largest absolute Gasteiger partial charge is 0.390 e. The Morgan fingerprint density at radius 1 is 1.00 bits per heavy atom. The first-order valence-corrected chi connectivity index (χ1v) is 10.3. The van der Waals surface area contributed by atoms with Crippen molar-refractivity contribution in [2.75, 3.05) is 0 Å². The first kappa shape index (κ1) is 16.2. The normalized spacial score (nSPS) is 51.4. The van der Waals surface area contributed by atoms with Crippen molar-refractivity contribution in [1.82, 2.24) is 10.2 Å². The fourth-order valence-corrected chi connectivity index (χ4v) is 7.80. The summed E-state index contributed by atoms with van der Waals surface area (Å²) in [5, 5.41) is 17.0. The third-order valence-corrected chi connectivity index (χ3v) is 9.60. The Labute approximate surface area is 149 Å². The van der Waals surface area contributed by atoms with Gasteiger partial charge in [0.25, 0.3) is 5.56 Å². The summed E-state index contributed by atoms with van der Waals surface area (Å²) < 4.78 is 0. The Hall–Kier alpha value is -1.03. The minimum absolute atomic E-state index is 0.0861. The minimum atomic E-state index is -0.502. The van der Waals surface area contributed by atoms with Crippen molar-refractivity contribution in [2.24, 2.45) is 34.5 Å². The molecule has 0 aromatic carbocycles. The van der Waals surface area contributed by atoms with E-state index in [0.717, 1.165) is 42.9 Å². The van der Waals surface area contributed by atoms with Gasteiger partial charge in [-0.25, -0.2) is 0 Å². The number of fused-ring (bicyclic) bond motifs is 6. The Morgan fingerprint density at radius 3 is 2.56 bits per heavy atom. The van der Waals surface area contributed by atoms with Crippen molar-refractivity contribution in [1.29, 1.82) is 0 Å². The molecule has 1 aromatic heterocycles. The lowest BCUT2D eigenvalue weighted by Crippen LogP contribution is -2.56. The first-order valence-electron chi connectivity index (χ1n) is 10.3. The zero-order valence-electron chi connectivity index (χ0n) is 15.8. The molecule has 0 saturated heterocycles. The lowest BCUT2D eigenvalue weighted by atomic mass is 9.44. The zero-order chi connectivity index (χ0) is 17.6. The summed E-state index contributed by atoms with van der Waals surface area (Å²) in [4.78, 5) is 12.2. The number of nitrogens with one attached hydrogen (secondary N) is 2. The minimum Gasteiger partial charge on any atom is -0.390 e. The molecule has 0 unspecified atom stereocenters. The average Bonchev–Trinajstić information content (AvgIpc) is 3.02. The van der Waals surface area contributed by atoms with Crippen molar-refractivity contribution < 1.29 is 5.11 Å². The van der Waals surface area contributed by atoms with Crippen LogP contribution in [-0.2, 0) is 12.8 Å². The molecule has 0 spiro atoms. The van der Waals surface area contributed by atoms with Gasteiger partial charge in [-0.05, 0) is 92.8 Å². The molecule has 7 atom stereocenters. The second-order valence-corrected chi connectivity index (χ2v) is 10.3. The number of H-pyrrole nitrogens is 2. The molecule has 25 heavy (non-hydrogen) atoms. The average molecular weight is 344 g/mol. The number of hydrogen-bond acceptors (Lipinski definition) is 2. The van der Waals surface area contributed by atoms with Crippen molar-refractivity contribution in [2.45, 2.75) is 77.7 Å². The topological polar surface area (TPSA) is 68.9 Å². The lowest BCUT2D eigenvalue weighted by Gasteiger charge is -2.60. The van der Waals surface area contributed by atoms with Gasteiger partial charge in [-0.2, -0.15) is 0 Å². The van der Waals surface area contributed by atoms with Crippen LogP contribution in [0.2, 0.25) is 0 Å². The lowest BCUT2D eigenvalue weighted by molar-refractivity contribution is -0.139. The standard InChI is InChI=1S/C21H32N2O2/c1-19-11-14-17(22-23-18(14)24)10-12(19)4-5-13-15(19)6-8-20(2)16(13)7-9-21(20,3)25/h12-13,15-16,25H,4-11H2,1-3H3,(H2,22,23,24)/t12-,13+,15-,16-,19-,20-,21-/m0/s1. The van der Waals surface area contributed by atoms with Gasteiger partial charge < -0.3 is 10.2 Å². The van der Waals surface area contributed by atoms with Crippen LogP contribution in [0.3, 0.4) is 0 Å². The molecule has 3 saturated carbocycles. The highest BCUT2D eigenvalue weighted by Gasteiger charge is 2.63.